The van der Waals surface area contributed by atoms with Crippen molar-refractivity contribution in [2.75, 3.05) is 19.3 Å². The normalized spacial score (nSPS) is 21.1. The van der Waals surface area contributed by atoms with Gasteiger partial charge in [0.2, 0.25) is 15.9 Å². The van der Waals surface area contributed by atoms with Gasteiger partial charge in [-0.25, -0.2) is 12.7 Å². The molecule has 98 valence electrons. The third-order valence-electron chi connectivity index (χ3n) is 3.18. The van der Waals surface area contributed by atoms with Crippen LogP contribution in [0.4, 0.5) is 0 Å². The van der Waals surface area contributed by atoms with Crippen molar-refractivity contribution in [2.24, 2.45) is 17.6 Å². The van der Waals surface area contributed by atoms with Crippen molar-refractivity contribution in [3.05, 3.63) is 0 Å². The smallest absolute Gasteiger partial charge is 0.228 e. The Kier molecular flexibility index (Phi) is 4.26. The molecule has 0 spiro atoms. The zero-order valence-electron chi connectivity index (χ0n) is 10.0. The van der Waals surface area contributed by atoms with Gasteiger partial charge in [0.15, 0.2) is 0 Å². The van der Waals surface area contributed by atoms with Crippen LogP contribution in [0.1, 0.15) is 19.8 Å². The van der Waals surface area contributed by atoms with Gasteiger partial charge in [0, 0.05) is 13.1 Å². The van der Waals surface area contributed by atoms with Gasteiger partial charge < -0.3 is 5.73 Å². The average Bonchev–Trinajstić information content (AvgIpc) is 2.15. The second kappa shape index (κ2) is 5.14. The van der Waals surface area contributed by atoms with Crippen molar-refractivity contribution >= 4 is 21.7 Å². The Hall–Kier alpha value is -0.950. The van der Waals surface area contributed by atoms with E-state index in [9.17, 15) is 18.0 Å². The molecule has 7 heteroatoms. The van der Waals surface area contributed by atoms with Crippen LogP contribution in [0.3, 0.4) is 0 Å². The summed E-state index contributed by atoms with van der Waals surface area (Å²) in [6, 6.07) is 0. The predicted octanol–water partition coefficient (Wildman–Crippen LogP) is -0.651. The van der Waals surface area contributed by atoms with E-state index in [-0.39, 0.29) is 11.7 Å². The minimum Gasteiger partial charge on any atom is -0.369 e. The second-order valence-corrected chi connectivity index (χ2v) is 6.47. The highest BCUT2D eigenvalue weighted by molar-refractivity contribution is 7.88. The van der Waals surface area contributed by atoms with Crippen molar-refractivity contribution in [3.8, 4) is 0 Å². The molecule has 17 heavy (non-hydrogen) atoms. The van der Waals surface area contributed by atoms with Gasteiger partial charge in [-0.1, -0.05) is 0 Å². The number of rotatable bonds is 4. The van der Waals surface area contributed by atoms with Crippen LogP contribution < -0.4 is 5.73 Å². The first-order valence-corrected chi connectivity index (χ1v) is 7.33. The quantitative estimate of drug-likeness (QED) is 0.681. The first-order valence-electron chi connectivity index (χ1n) is 5.48. The van der Waals surface area contributed by atoms with E-state index in [0.29, 0.717) is 25.9 Å². The number of nitrogens with zero attached hydrogens (tertiary/aromatic N) is 1. The fourth-order valence-corrected chi connectivity index (χ4v) is 3.18. The molecule has 0 aromatic heterocycles. The number of Topliss-reactive ketones (excluding diaryl/α,β-unsaturated/α-hetero) is 1. The zero-order chi connectivity index (χ0) is 13.2. The molecule has 1 aliphatic heterocycles. The maximum Gasteiger partial charge on any atom is 0.228 e. The molecule has 0 radical (unpaired) electrons. The number of amides is 1. The number of primary amides is 1. The van der Waals surface area contributed by atoms with Crippen LogP contribution in [0, 0.1) is 11.8 Å². The molecule has 0 saturated carbocycles. The number of carbonyl (C=O) groups is 2. The Labute approximate surface area is 101 Å². The molecule has 1 rings (SSSR count). The molecule has 2 N–H and O–H groups in total. The fourth-order valence-electron chi connectivity index (χ4n) is 2.31. The van der Waals surface area contributed by atoms with Crippen LogP contribution >= 0.6 is 0 Å². The summed E-state index contributed by atoms with van der Waals surface area (Å²) in [6.07, 6.45) is 2.16. The summed E-state index contributed by atoms with van der Waals surface area (Å²) in [5.41, 5.74) is 5.20. The standard InChI is InChI=1S/C10H18N2O4S/c1-7(13)9(10(11)14)8-3-5-12(6-4-8)17(2,15)16/h8-9H,3-6H2,1-2H3,(H2,11,14). The van der Waals surface area contributed by atoms with Crippen LogP contribution in [0.25, 0.3) is 0 Å². The number of nitrogens with two attached hydrogens (primary N) is 1. The Balaban J connectivity index is 2.68. The largest absolute Gasteiger partial charge is 0.369 e. The van der Waals surface area contributed by atoms with Gasteiger partial charge >= 0.3 is 0 Å². The summed E-state index contributed by atoms with van der Waals surface area (Å²) in [6.45, 7) is 2.04. The first kappa shape index (κ1) is 14.1. The summed E-state index contributed by atoms with van der Waals surface area (Å²) in [7, 11) is -3.18. The van der Waals surface area contributed by atoms with Gasteiger partial charge in [-0.15, -0.1) is 0 Å². The van der Waals surface area contributed by atoms with E-state index in [1.54, 1.807) is 0 Å². The highest BCUT2D eigenvalue weighted by Gasteiger charge is 2.34. The van der Waals surface area contributed by atoms with Crippen LogP contribution in [-0.4, -0.2) is 43.8 Å². The Bertz CT molecular complexity index is 396. The lowest BCUT2D eigenvalue weighted by molar-refractivity contribution is -0.133. The molecule has 1 saturated heterocycles. The fraction of sp³-hybridized carbons (Fsp3) is 0.800. The number of hydrogen-bond acceptors (Lipinski definition) is 4. The SMILES string of the molecule is CC(=O)C(C(N)=O)C1CCN(S(C)(=O)=O)CC1. The van der Waals surface area contributed by atoms with E-state index in [2.05, 4.69) is 0 Å². The molecule has 1 fully saturated rings. The monoisotopic (exact) mass is 262 g/mol. The Morgan fingerprint density at radius 3 is 2.06 bits per heavy atom. The van der Waals surface area contributed by atoms with Crippen LogP contribution in [0.15, 0.2) is 0 Å². The number of carbonyl (C=O) groups excluding carboxylic acids is 2. The maximum absolute atomic E-state index is 11.3. The first-order chi connectivity index (χ1) is 7.73. The Morgan fingerprint density at radius 1 is 1.29 bits per heavy atom. The van der Waals surface area contributed by atoms with Gasteiger partial charge in [-0.3, -0.25) is 9.59 Å². The molecule has 0 aliphatic carbocycles. The molecule has 1 atom stereocenters. The second-order valence-electron chi connectivity index (χ2n) is 4.49. The van der Waals surface area contributed by atoms with E-state index in [0.717, 1.165) is 6.26 Å². The van der Waals surface area contributed by atoms with Crippen LogP contribution in [0.5, 0.6) is 0 Å². The van der Waals surface area contributed by atoms with Gasteiger partial charge in [0.25, 0.3) is 0 Å². The third-order valence-corrected chi connectivity index (χ3v) is 4.49. The lowest BCUT2D eigenvalue weighted by Gasteiger charge is -2.32. The minimum atomic E-state index is -3.18. The predicted molar refractivity (Wildman–Crippen MR) is 62.5 cm³/mol. The van der Waals surface area contributed by atoms with E-state index in [1.165, 1.54) is 11.2 Å². The maximum atomic E-state index is 11.3. The summed E-state index contributed by atoms with van der Waals surface area (Å²) in [5.74, 6) is -1.77. The van der Waals surface area contributed by atoms with Crippen molar-refractivity contribution in [1.29, 1.82) is 0 Å². The Morgan fingerprint density at radius 2 is 1.76 bits per heavy atom. The zero-order valence-corrected chi connectivity index (χ0v) is 10.9. The van der Waals surface area contributed by atoms with Crippen molar-refractivity contribution < 1.29 is 18.0 Å². The third kappa shape index (κ3) is 3.50. The van der Waals surface area contributed by atoms with Crippen molar-refractivity contribution in [1.82, 2.24) is 4.31 Å². The van der Waals surface area contributed by atoms with E-state index >= 15 is 0 Å². The van der Waals surface area contributed by atoms with Crippen molar-refractivity contribution in [2.45, 2.75) is 19.8 Å². The topological polar surface area (TPSA) is 97.5 Å². The number of sulfonamides is 1. The molecular formula is C10H18N2O4S. The highest BCUT2D eigenvalue weighted by Crippen LogP contribution is 2.26. The van der Waals surface area contributed by atoms with Gasteiger partial charge in [0.05, 0.1) is 12.2 Å². The summed E-state index contributed by atoms with van der Waals surface area (Å²) in [4.78, 5) is 22.5. The lowest BCUT2D eigenvalue weighted by atomic mass is 9.82. The van der Waals surface area contributed by atoms with Gasteiger partial charge in [-0.2, -0.15) is 0 Å². The molecule has 1 unspecified atom stereocenters. The molecule has 0 aromatic carbocycles. The van der Waals surface area contributed by atoms with Gasteiger partial charge in [-0.05, 0) is 25.7 Å². The summed E-state index contributed by atoms with van der Waals surface area (Å²) >= 11 is 0. The molecule has 0 aromatic rings. The molecular weight excluding hydrogens is 244 g/mol. The molecule has 1 aliphatic rings. The molecule has 6 nitrogen and oxygen atoms in total. The number of piperidine rings is 1. The minimum absolute atomic E-state index is 0.136. The molecule has 0 bridgehead atoms. The van der Waals surface area contributed by atoms with Crippen molar-refractivity contribution in [3.63, 3.8) is 0 Å². The van der Waals surface area contributed by atoms with E-state index in [4.69, 9.17) is 5.73 Å². The molecule has 1 amide bonds. The van der Waals surface area contributed by atoms with Crippen LogP contribution in [-0.2, 0) is 19.6 Å². The van der Waals surface area contributed by atoms with E-state index in [1.807, 2.05) is 0 Å². The highest BCUT2D eigenvalue weighted by atomic mass is 32.2. The number of ketones is 1. The van der Waals surface area contributed by atoms with Crippen LogP contribution in [0.2, 0.25) is 0 Å². The average molecular weight is 262 g/mol. The van der Waals surface area contributed by atoms with E-state index < -0.39 is 21.8 Å². The number of hydrogen-bond donors (Lipinski definition) is 1. The summed E-state index contributed by atoms with van der Waals surface area (Å²) < 4.78 is 24.0. The summed E-state index contributed by atoms with van der Waals surface area (Å²) in [5, 5.41) is 0. The van der Waals surface area contributed by atoms with Gasteiger partial charge in [0.1, 0.15) is 5.78 Å². The molecule has 1 heterocycles. The lowest BCUT2D eigenvalue weighted by Crippen LogP contribution is -2.43.